The highest BCUT2D eigenvalue weighted by atomic mass is 35.5. The molecule has 6 heteroatoms. The SMILES string of the molecule is CC(=O)O[C@@H]1C(=O)N[C@@H]1c1cc(Cl)cc(Cl)c1. The number of hydrogen-bond acceptors (Lipinski definition) is 3. The maximum absolute atomic E-state index is 11.3. The molecule has 1 heterocycles. The van der Waals surface area contributed by atoms with Crippen LogP contribution in [0.1, 0.15) is 18.5 Å². The molecular weight excluding hydrogens is 265 g/mol. The summed E-state index contributed by atoms with van der Waals surface area (Å²) < 4.78 is 4.91. The molecule has 17 heavy (non-hydrogen) atoms. The van der Waals surface area contributed by atoms with Gasteiger partial charge in [-0.25, -0.2) is 0 Å². The fourth-order valence-electron chi connectivity index (χ4n) is 1.68. The van der Waals surface area contributed by atoms with Gasteiger partial charge in [0.1, 0.15) is 6.04 Å². The summed E-state index contributed by atoms with van der Waals surface area (Å²) in [6.45, 7) is 1.26. The van der Waals surface area contributed by atoms with E-state index in [0.717, 1.165) is 0 Å². The van der Waals surface area contributed by atoms with Crippen LogP contribution in [0.5, 0.6) is 0 Å². The third-order valence-electron chi connectivity index (χ3n) is 2.40. The van der Waals surface area contributed by atoms with Crippen molar-refractivity contribution in [1.29, 1.82) is 0 Å². The van der Waals surface area contributed by atoms with Gasteiger partial charge in [0.2, 0.25) is 6.10 Å². The standard InChI is InChI=1S/C11H9Cl2NO3/c1-5(15)17-10-9(14-11(10)16)6-2-7(12)4-8(13)3-6/h2-4,9-10H,1H3,(H,14,16)/t9-,10+/m1/s1. The molecule has 0 bridgehead atoms. The maximum atomic E-state index is 11.3. The van der Waals surface area contributed by atoms with Crippen molar-refractivity contribution in [2.75, 3.05) is 0 Å². The number of nitrogens with one attached hydrogen (secondary N) is 1. The second kappa shape index (κ2) is 4.55. The lowest BCUT2D eigenvalue weighted by molar-refractivity contribution is -0.164. The fraction of sp³-hybridized carbons (Fsp3) is 0.273. The summed E-state index contributed by atoms with van der Waals surface area (Å²) in [5, 5.41) is 3.57. The Labute approximate surface area is 108 Å². The number of carbonyl (C=O) groups excluding carboxylic acids is 2. The minimum atomic E-state index is -0.804. The van der Waals surface area contributed by atoms with Crippen molar-refractivity contribution in [2.45, 2.75) is 19.1 Å². The van der Waals surface area contributed by atoms with E-state index >= 15 is 0 Å². The highest BCUT2D eigenvalue weighted by Crippen LogP contribution is 2.31. The minimum Gasteiger partial charge on any atom is -0.450 e. The molecular formula is C11H9Cl2NO3. The Bertz CT molecular complexity index is 469. The molecule has 1 aromatic carbocycles. The third-order valence-corrected chi connectivity index (χ3v) is 2.83. The van der Waals surface area contributed by atoms with Crippen LogP contribution in [0.15, 0.2) is 18.2 Å². The van der Waals surface area contributed by atoms with Crippen molar-refractivity contribution in [1.82, 2.24) is 5.32 Å². The van der Waals surface area contributed by atoms with Crippen LogP contribution in [-0.4, -0.2) is 18.0 Å². The molecule has 1 fully saturated rings. The van der Waals surface area contributed by atoms with Crippen LogP contribution in [-0.2, 0) is 14.3 Å². The molecule has 0 aliphatic carbocycles. The second-order valence-electron chi connectivity index (χ2n) is 3.72. The summed E-state index contributed by atoms with van der Waals surface area (Å²) in [5.41, 5.74) is 0.716. The average molecular weight is 274 g/mol. The number of benzene rings is 1. The fourth-order valence-corrected chi connectivity index (χ4v) is 2.22. The summed E-state index contributed by atoms with van der Waals surface area (Å²) >= 11 is 11.7. The lowest BCUT2D eigenvalue weighted by Gasteiger charge is -2.36. The number of ether oxygens (including phenoxy) is 1. The zero-order valence-corrected chi connectivity index (χ0v) is 10.4. The molecule has 1 aliphatic rings. The van der Waals surface area contributed by atoms with Gasteiger partial charge in [0.25, 0.3) is 5.91 Å². The number of hydrogen-bond donors (Lipinski definition) is 1. The van der Waals surface area contributed by atoms with Crippen LogP contribution in [0, 0.1) is 0 Å². The van der Waals surface area contributed by atoms with E-state index in [0.29, 0.717) is 15.6 Å². The van der Waals surface area contributed by atoms with E-state index in [4.69, 9.17) is 27.9 Å². The Balaban J connectivity index is 2.22. The largest absolute Gasteiger partial charge is 0.450 e. The molecule has 0 aromatic heterocycles. The molecule has 2 atom stereocenters. The summed E-state index contributed by atoms with van der Waals surface area (Å²) in [6.07, 6.45) is -0.804. The lowest BCUT2D eigenvalue weighted by Crippen LogP contribution is -2.57. The number of amides is 1. The van der Waals surface area contributed by atoms with Crippen LogP contribution in [0.3, 0.4) is 0 Å². The molecule has 0 saturated carbocycles. The summed E-state index contributed by atoms with van der Waals surface area (Å²) in [7, 11) is 0. The van der Waals surface area contributed by atoms with E-state index in [2.05, 4.69) is 5.32 Å². The minimum absolute atomic E-state index is 0.318. The number of β-lactam (4-membered cyclic amide) rings is 1. The zero-order chi connectivity index (χ0) is 12.6. The number of rotatable bonds is 2. The Morgan fingerprint density at radius 2 is 1.88 bits per heavy atom. The van der Waals surface area contributed by atoms with Crippen molar-refractivity contribution >= 4 is 35.1 Å². The summed E-state index contributed by atoms with van der Waals surface area (Å²) in [6, 6.07) is 4.55. The number of halogens is 2. The van der Waals surface area contributed by atoms with Gasteiger partial charge < -0.3 is 10.1 Å². The van der Waals surface area contributed by atoms with Gasteiger partial charge in [-0.15, -0.1) is 0 Å². The maximum Gasteiger partial charge on any atom is 0.303 e. The van der Waals surface area contributed by atoms with Crippen LogP contribution in [0.4, 0.5) is 0 Å². The third kappa shape index (κ3) is 2.53. The van der Waals surface area contributed by atoms with E-state index in [1.807, 2.05) is 0 Å². The molecule has 0 unspecified atom stereocenters. The highest BCUT2D eigenvalue weighted by molar-refractivity contribution is 6.34. The van der Waals surface area contributed by atoms with Gasteiger partial charge in [0, 0.05) is 17.0 Å². The Morgan fingerprint density at radius 1 is 1.29 bits per heavy atom. The first kappa shape index (κ1) is 12.2. The van der Waals surface area contributed by atoms with Crippen LogP contribution in [0.25, 0.3) is 0 Å². The molecule has 2 rings (SSSR count). The van der Waals surface area contributed by atoms with E-state index in [9.17, 15) is 9.59 Å². The van der Waals surface area contributed by atoms with Crippen LogP contribution >= 0.6 is 23.2 Å². The molecule has 90 valence electrons. The topological polar surface area (TPSA) is 55.4 Å². The highest BCUT2D eigenvalue weighted by Gasteiger charge is 2.43. The van der Waals surface area contributed by atoms with Gasteiger partial charge in [0.05, 0.1) is 0 Å². The predicted molar refractivity (Wildman–Crippen MR) is 62.9 cm³/mol. The average Bonchev–Trinajstić information content (AvgIpc) is 2.21. The van der Waals surface area contributed by atoms with Gasteiger partial charge >= 0.3 is 5.97 Å². The molecule has 1 N–H and O–H groups in total. The Kier molecular flexibility index (Phi) is 3.26. The van der Waals surface area contributed by atoms with Crippen LogP contribution in [0.2, 0.25) is 10.0 Å². The van der Waals surface area contributed by atoms with Crippen molar-refractivity contribution in [3.05, 3.63) is 33.8 Å². The molecule has 0 radical (unpaired) electrons. The van der Waals surface area contributed by atoms with E-state index in [1.54, 1.807) is 18.2 Å². The lowest BCUT2D eigenvalue weighted by atomic mass is 9.94. The molecule has 0 spiro atoms. The number of esters is 1. The molecule has 1 saturated heterocycles. The monoisotopic (exact) mass is 273 g/mol. The first-order valence-corrected chi connectivity index (χ1v) is 5.66. The summed E-state index contributed by atoms with van der Waals surface area (Å²) in [5.74, 6) is -0.815. The molecule has 4 nitrogen and oxygen atoms in total. The van der Waals surface area contributed by atoms with Gasteiger partial charge in [-0.05, 0) is 23.8 Å². The Hall–Kier alpha value is -1.26. The van der Waals surface area contributed by atoms with E-state index in [-0.39, 0.29) is 11.9 Å². The van der Waals surface area contributed by atoms with Gasteiger partial charge in [-0.2, -0.15) is 0 Å². The van der Waals surface area contributed by atoms with Crippen molar-refractivity contribution < 1.29 is 14.3 Å². The first-order valence-electron chi connectivity index (χ1n) is 4.91. The smallest absolute Gasteiger partial charge is 0.303 e. The van der Waals surface area contributed by atoms with Crippen molar-refractivity contribution in [3.63, 3.8) is 0 Å². The normalized spacial score (nSPS) is 22.6. The van der Waals surface area contributed by atoms with Gasteiger partial charge in [-0.3, -0.25) is 9.59 Å². The van der Waals surface area contributed by atoms with Gasteiger partial charge in [0.15, 0.2) is 0 Å². The van der Waals surface area contributed by atoms with E-state index in [1.165, 1.54) is 6.92 Å². The second-order valence-corrected chi connectivity index (χ2v) is 4.59. The van der Waals surface area contributed by atoms with E-state index < -0.39 is 12.1 Å². The van der Waals surface area contributed by atoms with Crippen molar-refractivity contribution in [2.24, 2.45) is 0 Å². The van der Waals surface area contributed by atoms with Crippen LogP contribution < -0.4 is 5.32 Å². The molecule has 1 amide bonds. The summed E-state index contributed by atoms with van der Waals surface area (Å²) in [4.78, 5) is 22.1. The predicted octanol–water partition coefficient (Wildman–Crippen LogP) is 2.10. The first-order chi connectivity index (χ1) is 7.97. The number of carbonyl (C=O) groups is 2. The van der Waals surface area contributed by atoms with Crippen molar-refractivity contribution in [3.8, 4) is 0 Å². The zero-order valence-electron chi connectivity index (χ0n) is 8.87. The quantitative estimate of drug-likeness (QED) is 0.663. The molecule has 1 aromatic rings. The van der Waals surface area contributed by atoms with Gasteiger partial charge in [-0.1, -0.05) is 23.2 Å². The Morgan fingerprint density at radius 3 is 2.35 bits per heavy atom. The molecule has 1 aliphatic heterocycles.